The standard InChI is InChI=1S/C15H13N2/c1-11-12-7-3-5-9-14(12)17(2)15-10-6-4-8-13(15)16-11/h3-10H,1H2,2H3. The van der Waals surface area contributed by atoms with Gasteiger partial charge in [-0.2, -0.15) is 0 Å². The fourth-order valence-corrected chi connectivity index (χ4v) is 2.19. The Morgan fingerprint density at radius 1 is 0.941 bits per heavy atom. The van der Waals surface area contributed by atoms with E-state index >= 15 is 0 Å². The molecule has 2 nitrogen and oxygen atoms in total. The quantitative estimate of drug-likeness (QED) is 0.662. The number of nitrogens with zero attached hydrogens (tertiary/aromatic N) is 2. The summed E-state index contributed by atoms with van der Waals surface area (Å²) in [5, 5.41) is 0. The van der Waals surface area contributed by atoms with Gasteiger partial charge in [-0.05, 0) is 25.1 Å². The van der Waals surface area contributed by atoms with E-state index in [2.05, 4.69) is 42.1 Å². The molecule has 0 N–H and O–H groups in total. The summed E-state index contributed by atoms with van der Waals surface area (Å²) < 4.78 is 0. The van der Waals surface area contributed by atoms with Crippen molar-refractivity contribution in [1.29, 1.82) is 0 Å². The molecule has 1 heterocycles. The predicted molar refractivity (Wildman–Crippen MR) is 72.5 cm³/mol. The van der Waals surface area contributed by atoms with E-state index in [9.17, 15) is 0 Å². The van der Waals surface area contributed by atoms with E-state index in [0.29, 0.717) is 0 Å². The Bertz CT molecular complexity index is 599. The number of hydrogen-bond acceptors (Lipinski definition) is 2. The van der Waals surface area contributed by atoms with Crippen molar-refractivity contribution < 1.29 is 0 Å². The van der Waals surface area contributed by atoms with E-state index in [1.807, 2.05) is 30.3 Å². The Kier molecular flexibility index (Phi) is 2.22. The lowest BCUT2D eigenvalue weighted by molar-refractivity contribution is 1.21. The Balaban J connectivity index is 2.32. The Morgan fingerprint density at radius 2 is 1.59 bits per heavy atom. The van der Waals surface area contributed by atoms with Crippen molar-refractivity contribution in [2.45, 2.75) is 0 Å². The highest BCUT2D eigenvalue weighted by atomic mass is 15.1. The highest BCUT2D eigenvalue weighted by Gasteiger charge is 2.17. The van der Waals surface area contributed by atoms with Crippen LogP contribution in [0.4, 0.5) is 17.1 Å². The van der Waals surface area contributed by atoms with Crippen molar-refractivity contribution in [3.8, 4) is 0 Å². The molecule has 1 radical (unpaired) electrons. The zero-order chi connectivity index (χ0) is 11.8. The molecule has 1 aliphatic heterocycles. The summed E-state index contributed by atoms with van der Waals surface area (Å²) in [5.74, 6) is 0. The summed E-state index contributed by atoms with van der Waals surface area (Å²) in [6, 6.07) is 16.3. The second-order valence-electron chi connectivity index (χ2n) is 4.12. The van der Waals surface area contributed by atoms with Crippen LogP contribution in [0.25, 0.3) is 0 Å². The van der Waals surface area contributed by atoms with Crippen molar-refractivity contribution in [1.82, 2.24) is 0 Å². The molecule has 0 amide bonds. The topological polar surface area (TPSA) is 15.6 Å². The molecule has 2 aromatic carbocycles. The number of anilines is 2. The molecule has 1 aliphatic rings. The minimum atomic E-state index is 0.817. The lowest BCUT2D eigenvalue weighted by Gasteiger charge is -2.21. The molecule has 0 bridgehead atoms. The summed E-state index contributed by atoms with van der Waals surface area (Å²) >= 11 is 0. The molecule has 0 atom stereocenters. The van der Waals surface area contributed by atoms with E-state index in [4.69, 9.17) is 0 Å². The third kappa shape index (κ3) is 1.53. The fourth-order valence-electron chi connectivity index (χ4n) is 2.19. The maximum Gasteiger partial charge on any atom is 0.0870 e. The van der Waals surface area contributed by atoms with Gasteiger partial charge in [0.25, 0.3) is 0 Å². The Labute approximate surface area is 101 Å². The number of aliphatic imine (C=N–C) groups is 1. The number of benzene rings is 2. The first-order chi connectivity index (χ1) is 8.27. The average Bonchev–Trinajstić information content (AvgIpc) is 2.48. The van der Waals surface area contributed by atoms with E-state index in [1.54, 1.807) is 0 Å². The van der Waals surface area contributed by atoms with Gasteiger partial charge in [0.15, 0.2) is 0 Å². The molecule has 17 heavy (non-hydrogen) atoms. The van der Waals surface area contributed by atoms with Gasteiger partial charge in [-0.15, -0.1) is 0 Å². The maximum atomic E-state index is 4.60. The van der Waals surface area contributed by atoms with E-state index in [0.717, 1.165) is 28.3 Å². The van der Waals surface area contributed by atoms with Gasteiger partial charge in [0.1, 0.15) is 0 Å². The molecule has 2 heteroatoms. The van der Waals surface area contributed by atoms with Crippen LogP contribution < -0.4 is 4.90 Å². The number of fused-ring (bicyclic) bond motifs is 2. The van der Waals surface area contributed by atoms with Crippen LogP contribution in [0.1, 0.15) is 5.56 Å². The van der Waals surface area contributed by atoms with Crippen LogP contribution in [-0.4, -0.2) is 12.8 Å². The largest absolute Gasteiger partial charge is 0.342 e. The Hall–Kier alpha value is -2.09. The van der Waals surface area contributed by atoms with Crippen LogP contribution in [-0.2, 0) is 0 Å². The monoisotopic (exact) mass is 221 g/mol. The minimum absolute atomic E-state index is 0.817. The molecule has 0 saturated carbocycles. The first-order valence-electron chi connectivity index (χ1n) is 5.60. The highest BCUT2D eigenvalue weighted by Crippen LogP contribution is 2.37. The number of hydrogen-bond donors (Lipinski definition) is 0. The molecule has 0 aliphatic carbocycles. The molecular weight excluding hydrogens is 208 g/mol. The van der Waals surface area contributed by atoms with Crippen LogP contribution in [0.2, 0.25) is 0 Å². The molecule has 83 valence electrons. The van der Waals surface area contributed by atoms with Gasteiger partial charge in [-0.1, -0.05) is 30.3 Å². The SMILES string of the molecule is [CH2]C1=Nc2ccccc2N(C)c2ccccc21. The zero-order valence-electron chi connectivity index (χ0n) is 9.72. The Morgan fingerprint density at radius 3 is 2.41 bits per heavy atom. The smallest absolute Gasteiger partial charge is 0.0870 e. The van der Waals surface area contributed by atoms with Crippen LogP contribution in [0.3, 0.4) is 0 Å². The zero-order valence-corrected chi connectivity index (χ0v) is 9.72. The second-order valence-corrected chi connectivity index (χ2v) is 4.12. The maximum absolute atomic E-state index is 4.60. The van der Waals surface area contributed by atoms with Gasteiger partial charge in [-0.25, -0.2) is 0 Å². The van der Waals surface area contributed by atoms with Crippen LogP contribution in [0, 0.1) is 6.92 Å². The lowest BCUT2D eigenvalue weighted by atomic mass is 10.1. The van der Waals surface area contributed by atoms with Crippen LogP contribution in [0.5, 0.6) is 0 Å². The second kappa shape index (κ2) is 3.74. The molecule has 0 saturated heterocycles. The number of rotatable bonds is 0. The molecule has 2 aromatic rings. The molecular formula is C15H13N2. The van der Waals surface area contributed by atoms with Gasteiger partial charge in [-0.3, -0.25) is 4.99 Å². The predicted octanol–water partition coefficient (Wildman–Crippen LogP) is 3.72. The van der Waals surface area contributed by atoms with E-state index in [1.165, 1.54) is 0 Å². The van der Waals surface area contributed by atoms with E-state index < -0.39 is 0 Å². The molecule has 0 spiro atoms. The van der Waals surface area contributed by atoms with Crippen molar-refractivity contribution in [2.75, 3.05) is 11.9 Å². The van der Waals surface area contributed by atoms with Gasteiger partial charge < -0.3 is 4.90 Å². The average molecular weight is 221 g/mol. The van der Waals surface area contributed by atoms with Crippen LogP contribution in [0.15, 0.2) is 53.5 Å². The normalized spacial score (nSPS) is 13.5. The summed E-state index contributed by atoms with van der Waals surface area (Å²) in [5.41, 5.74) is 5.13. The third-order valence-corrected chi connectivity index (χ3v) is 3.07. The van der Waals surface area contributed by atoms with Gasteiger partial charge >= 0.3 is 0 Å². The van der Waals surface area contributed by atoms with Gasteiger partial charge in [0.05, 0.1) is 22.8 Å². The summed E-state index contributed by atoms with van der Waals surface area (Å²) in [7, 11) is 2.06. The third-order valence-electron chi connectivity index (χ3n) is 3.07. The van der Waals surface area contributed by atoms with Crippen LogP contribution >= 0.6 is 0 Å². The molecule has 3 rings (SSSR count). The van der Waals surface area contributed by atoms with Crippen molar-refractivity contribution in [3.05, 3.63) is 61.0 Å². The summed E-state index contributed by atoms with van der Waals surface area (Å²) in [4.78, 5) is 6.75. The van der Waals surface area contributed by atoms with Crippen molar-refractivity contribution >= 4 is 22.8 Å². The van der Waals surface area contributed by atoms with Gasteiger partial charge in [0.2, 0.25) is 0 Å². The molecule has 0 unspecified atom stereocenters. The lowest BCUT2D eigenvalue weighted by Crippen LogP contribution is -2.11. The van der Waals surface area contributed by atoms with Crippen molar-refractivity contribution in [3.63, 3.8) is 0 Å². The van der Waals surface area contributed by atoms with Gasteiger partial charge in [0, 0.05) is 12.6 Å². The number of para-hydroxylation sites is 3. The summed E-state index contributed by atoms with van der Waals surface area (Å²) in [6.07, 6.45) is 0. The van der Waals surface area contributed by atoms with E-state index in [-0.39, 0.29) is 0 Å². The highest BCUT2D eigenvalue weighted by molar-refractivity contribution is 6.11. The molecule has 0 fully saturated rings. The first-order valence-corrected chi connectivity index (χ1v) is 5.60. The van der Waals surface area contributed by atoms with Crippen molar-refractivity contribution in [2.24, 2.45) is 4.99 Å². The molecule has 0 aromatic heterocycles. The first kappa shape index (κ1) is 10.1. The summed E-state index contributed by atoms with van der Waals surface area (Å²) in [6.45, 7) is 4.06. The minimum Gasteiger partial charge on any atom is -0.342 e. The fraction of sp³-hybridized carbons (Fsp3) is 0.0667.